The van der Waals surface area contributed by atoms with Gasteiger partial charge in [-0.3, -0.25) is 4.72 Å². The van der Waals surface area contributed by atoms with Crippen molar-refractivity contribution in [3.63, 3.8) is 0 Å². The summed E-state index contributed by atoms with van der Waals surface area (Å²) in [5.41, 5.74) is 1.61. The maximum atomic E-state index is 12.5. The average Bonchev–Trinajstić information content (AvgIpc) is 2.79. The molecule has 3 aromatic carbocycles. The number of rotatable bonds is 9. The molecule has 2 N–H and O–H groups in total. The maximum absolute atomic E-state index is 12.5. The van der Waals surface area contributed by atoms with Gasteiger partial charge in [0, 0.05) is 12.1 Å². The van der Waals surface area contributed by atoms with Gasteiger partial charge in [-0.1, -0.05) is 60.7 Å². The molecular weight excluding hydrogens is 414 g/mol. The van der Waals surface area contributed by atoms with Crippen molar-refractivity contribution in [3.05, 3.63) is 102 Å². The van der Waals surface area contributed by atoms with Crippen molar-refractivity contribution in [1.82, 2.24) is 0 Å². The zero-order valence-corrected chi connectivity index (χ0v) is 17.5. The van der Waals surface area contributed by atoms with Crippen molar-refractivity contribution in [2.24, 2.45) is 0 Å². The molecule has 0 aliphatic rings. The first-order valence-corrected chi connectivity index (χ1v) is 11.2. The highest BCUT2D eigenvalue weighted by atomic mass is 32.2. The Balaban J connectivity index is 1.61. The quantitative estimate of drug-likeness (QED) is 0.492. The fourth-order valence-corrected chi connectivity index (χ4v) is 3.90. The Morgan fingerprint density at radius 3 is 2.32 bits per heavy atom. The third-order valence-electron chi connectivity index (χ3n) is 4.39. The van der Waals surface area contributed by atoms with Crippen LogP contribution >= 0.6 is 0 Å². The molecule has 1 unspecified atom stereocenters. The van der Waals surface area contributed by atoms with Gasteiger partial charge in [0.25, 0.3) is 10.0 Å². The number of anilines is 1. The first-order chi connectivity index (χ1) is 15.0. The predicted molar refractivity (Wildman–Crippen MR) is 120 cm³/mol. The zero-order valence-electron chi connectivity index (χ0n) is 16.7. The largest absolute Gasteiger partial charge is 0.456 e. The molecule has 0 aliphatic heterocycles. The number of carbonyl (C=O) groups is 1. The first-order valence-electron chi connectivity index (χ1n) is 9.69. The predicted octanol–water partition coefficient (Wildman–Crippen LogP) is 4.11. The summed E-state index contributed by atoms with van der Waals surface area (Å²) < 4.78 is 32.8. The van der Waals surface area contributed by atoms with Gasteiger partial charge in [-0.2, -0.15) is 0 Å². The van der Waals surface area contributed by atoms with E-state index in [0.29, 0.717) is 17.7 Å². The Bertz CT molecular complexity index is 1130. The van der Waals surface area contributed by atoms with E-state index < -0.39 is 22.1 Å². The van der Waals surface area contributed by atoms with Crippen LogP contribution in [0.3, 0.4) is 0 Å². The summed E-state index contributed by atoms with van der Waals surface area (Å²) in [5, 5.41) is 9.51. The van der Waals surface area contributed by atoms with Crippen LogP contribution in [0.2, 0.25) is 0 Å². The number of hydrogen-bond donors (Lipinski definition) is 2. The minimum absolute atomic E-state index is 0.182. The molecule has 3 rings (SSSR count). The van der Waals surface area contributed by atoms with Gasteiger partial charge in [0.2, 0.25) is 0 Å². The summed E-state index contributed by atoms with van der Waals surface area (Å²) in [4.78, 5) is 12.3. The second-order valence-electron chi connectivity index (χ2n) is 6.76. The minimum Gasteiger partial charge on any atom is -0.456 e. The molecule has 160 valence electrons. The average molecular weight is 438 g/mol. The summed E-state index contributed by atoms with van der Waals surface area (Å²) in [7, 11) is -3.67. The number of sulfonamides is 1. The second-order valence-corrected chi connectivity index (χ2v) is 8.44. The van der Waals surface area contributed by atoms with Crippen LogP contribution in [-0.4, -0.2) is 32.2 Å². The summed E-state index contributed by atoms with van der Waals surface area (Å²) in [6.07, 6.45) is 3.18. The molecule has 0 radical (unpaired) electrons. The Kier molecular flexibility index (Phi) is 7.59. The number of benzene rings is 3. The fraction of sp³-hybridized carbons (Fsp3) is 0.125. The molecule has 0 aliphatic carbocycles. The van der Waals surface area contributed by atoms with Crippen LogP contribution in [0.4, 0.5) is 5.69 Å². The lowest BCUT2D eigenvalue weighted by atomic mass is 10.1. The monoisotopic (exact) mass is 437 g/mol. The highest BCUT2D eigenvalue weighted by molar-refractivity contribution is 7.92. The Hall–Kier alpha value is -3.42. The van der Waals surface area contributed by atoms with Gasteiger partial charge in [0.1, 0.15) is 6.10 Å². The van der Waals surface area contributed by atoms with E-state index in [1.54, 1.807) is 78.9 Å². The summed E-state index contributed by atoms with van der Waals surface area (Å²) in [6.45, 7) is -0.306. The number of hydrogen-bond acceptors (Lipinski definition) is 5. The van der Waals surface area contributed by atoms with Gasteiger partial charge < -0.3 is 9.84 Å². The SMILES string of the molecule is O=C(OC(CO)CC=Cc1cccc(NS(=O)(=O)c2ccccc2)c1)c1ccccc1. The normalized spacial score (nSPS) is 12.4. The zero-order chi connectivity index (χ0) is 22.1. The van der Waals surface area contributed by atoms with Crippen LogP contribution in [0, 0.1) is 0 Å². The van der Waals surface area contributed by atoms with Crippen molar-refractivity contribution in [2.45, 2.75) is 17.4 Å². The number of carbonyl (C=O) groups excluding carboxylic acids is 1. The van der Waals surface area contributed by atoms with E-state index >= 15 is 0 Å². The molecule has 0 fully saturated rings. The van der Waals surface area contributed by atoms with E-state index in [-0.39, 0.29) is 11.5 Å². The van der Waals surface area contributed by atoms with Crippen LogP contribution < -0.4 is 4.72 Å². The Labute approximate surface area is 181 Å². The Morgan fingerprint density at radius 1 is 0.968 bits per heavy atom. The van der Waals surface area contributed by atoms with Gasteiger partial charge in [0.15, 0.2) is 0 Å². The van der Waals surface area contributed by atoms with Gasteiger partial charge >= 0.3 is 5.97 Å². The molecule has 6 nitrogen and oxygen atoms in total. The van der Waals surface area contributed by atoms with Crippen LogP contribution in [0.5, 0.6) is 0 Å². The fourth-order valence-electron chi connectivity index (χ4n) is 2.83. The van der Waals surface area contributed by atoms with Crippen LogP contribution in [0.25, 0.3) is 6.08 Å². The van der Waals surface area contributed by atoms with E-state index in [4.69, 9.17) is 4.74 Å². The van der Waals surface area contributed by atoms with Crippen molar-refractivity contribution in [2.75, 3.05) is 11.3 Å². The topological polar surface area (TPSA) is 92.7 Å². The first kappa shape index (κ1) is 22.3. The number of nitrogens with one attached hydrogen (secondary N) is 1. The molecular formula is C24H23NO5S. The second kappa shape index (κ2) is 10.6. The summed E-state index contributed by atoms with van der Waals surface area (Å²) >= 11 is 0. The summed E-state index contributed by atoms with van der Waals surface area (Å²) in [5.74, 6) is -0.495. The highest BCUT2D eigenvalue weighted by Crippen LogP contribution is 2.18. The number of esters is 1. The summed E-state index contributed by atoms with van der Waals surface area (Å²) in [6, 6.07) is 23.6. The van der Waals surface area contributed by atoms with E-state index in [0.717, 1.165) is 5.56 Å². The van der Waals surface area contributed by atoms with Crippen molar-refractivity contribution in [1.29, 1.82) is 0 Å². The van der Waals surface area contributed by atoms with Gasteiger partial charge in [0.05, 0.1) is 17.1 Å². The molecule has 0 heterocycles. The lowest BCUT2D eigenvalue weighted by molar-refractivity contribution is 0.0151. The van der Waals surface area contributed by atoms with E-state index in [1.165, 1.54) is 12.1 Å². The minimum atomic E-state index is -3.67. The highest BCUT2D eigenvalue weighted by Gasteiger charge is 2.14. The van der Waals surface area contributed by atoms with Crippen molar-refractivity contribution >= 4 is 27.8 Å². The molecule has 0 amide bonds. The van der Waals surface area contributed by atoms with Gasteiger partial charge in [-0.25, -0.2) is 13.2 Å². The maximum Gasteiger partial charge on any atom is 0.338 e. The van der Waals surface area contributed by atoms with E-state index in [2.05, 4.69) is 4.72 Å². The molecule has 0 aromatic heterocycles. The van der Waals surface area contributed by atoms with Crippen LogP contribution in [0.1, 0.15) is 22.3 Å². The molecule has 1 atom stereocenters. The number of ether oxygens (including phenoxy) is 1. The molecule has 31 heavy (non-hydrogen) atoms. The standard InChI is InChI=1S/C24H23NO5S/c26-18-22(30-24(27)20-11-3-1-4-12-20)14-8-10-19-9-7-13-21(17-19)25-31(28,29)23-15-5-2-6-16-23/h1-13,15-17,22,25-26H,14,18H2. The Morgan fingerprint density at radius 2 is 1.65 bits per heavy atom. The molecule has 3 aromatic rings. The number of aliphatic hydroxyl groups is 1. The van der Waals surface area contributed by atoms with Gasteiger partial charge in [-0.15, -0.1) is 0 Å². The lowest BCUT2D eigenvalue weighted by Gasteiger charge is -2.13. The third-order valence-corrected chi connectivity index (χ3v) is 5.79. The van der Waals surface area contributed by atoms with Crippen LogP contribution in [-0.2, 0) is 14.8 Å². The van der Waals surface area contributed by atoms with Crippen LogP contribution in [0.15, 0.2) is 95.9 Å². The molecule has 0 bridgehead atoms. The van der Waals surface area contributed by atoms with E-state index in [9.17, 15) is 18.3 Å². The number of aliphatic hydroxyl groups excluding tert-OH is 1. The lowest BCUT2D eigenvalue weighted by Crippen LogP contribution is -2.21. The van der Waals surface area contributed by atoms with Gasteiger partial charge in [-0.05, 0) is 42.0 Å². The smallest absolute Gasteiger partial charge is 0.338 e. The molecule has 0 saturated carbocycles. The molecule has 0 saturated heterocycles. The van der Waals surface area contributed by atoms with E-state index in [1.807, 2.05) is 6.07 Å². The van der Waals surface area contributed by atoms with Crippen molar-refractivity contribution < 1.29 is 23.1 Å². The van der Waals surface area contributed by atoms with Crippen molar-refractivity contribution in [3.8, 4) is 0 Å². The third kappa shape index (κ3) is 6.53. The molecule has 7 heteroatoms. The molecule has 0 spiro atoms.